The Kier molecular flexibility index (Phi) is 6.62. The summed E-state index contributed by atoms with van der Waals surface area (Å²) in [6, 6.07) is 23.5. The number of sulfonamides is 1. The minimum atomic E-state index is -3.65. The van der Waals surface area contributed by atoms with Crippen LogP contribution in [0, 0.1) is 0 Å². The first kappa shape index (κ1) is 25.2. The molecule has 0 atom stereocenters. The number of Topliss-reactive ketones (excluding diaryl/α,β-unsaturated/α-hetero) is 1. The number of nitrogens with one attached hydrogen (secondary N) is 1. The lowest BCUT2D eigenvalue weighted by molar-refractivity contribution is -0.120. The van der Waals surface area contributed by atoms with Gasteiger partial charge in [-0.3, -0.25) is 14.8 Å². The Morgan fingerprint density at radius 2 is 1.72 bits per heavy atom. The van der Waals surface area contributed by atoms with Gasteiger partial charge >= 0.3 is 0 Å². The highest BCUT2D eigenvalue weighted by Crippen LogP contribution is 2.51. The van der Waals surface area contributed by atoms with Gasteiger partial charge in [0.2, 0.25) is 16.8 Å². The van der Waals surface area contributed by atoms with Crippen molar-refractivity contribution in [2.75, 3.05) is 13.3 Å². The number of nitrogens with zero attached hydrogens (tertiary/aromatic N) is 2. The Bertz CT molecular complexity index is 1630. The van der Waals surface area contributed by atoms with E-state index in [1.165, 1.54) is 0 Å². The van der Waals surface area contributed by atoms with E-state index >= 15 is 0 Å². The number of benzene rings is 2. The third-order valence-corrected chi connectivity index (χ3v) is 8.69. The molecule has 8 nitrogen and oxygen atoms in total. The molecule has 0 bridgehead atoms. The maximum atomic E-state index is 13.4. The van der Waals surface area contributed by atoms with Gasteiger partial charge in [-0.15, -0.1) is 0 Å². The maximum absolute atomic E-state index is 13.4. The number of fused-ring (bicyclic) bond motifs is 1. The first-order valence-corrected chi connectivity index (χ1v) is 14.3. The Labute approximate surface area is 228 Å². The minimum absolute atomic E-state index is 0. The molecule has 0 unspecified atom stereocenters. The van der Waals surface area contributed by atoms with Gasteiger partial charge in [-0.25, -0.2) is 13.1 Å². The highest BCUT2D eigenvalue weighted by Gasteiger charge is 2.51. The van der Waals surface area contributed by atoms with Crippen LogP contribution in [0.3, 0.4) is 0 Å². The summed E-state index contributed by atoms with van der Waals surface area (Å²) in [7, 11) is -3.65. The van der Waals surface area contributed by atoms with Crippen molar-refractivity contribution < 1.29 is 24.1 Å². The van der Waals surface area contributed by atoms with Crippen LogP contribution in [0.15, 0.2) is 90.0 Å². The quantitative estimate of drug-likeness (QED) is 0.314. The predicted octanol–water partition coefficient (Wildman–Crippen LogP) is 4.48. The molecule has 2 aliphatic rings. The number of ether oxygens (including phenoxy) is 2. The summed E-state index contributed by atoms with van der Waals surface area (Å²) in [6.45, 7) is 0.457. The number of carbonyl (C=O) groups is 1. The van der Waals surface area contributed by atoms with Crippen molar-refractivity contribution in [3.8, 4) is 22.8 Å². The molecule has 1 aliphatic carbocycles. The molecule has 3 heterocycles. The fourth-order valence-electron chi connectivity index (χ4n) is 4.87. The SMILES string of the molecule is O=C(Cc1cccc(-c2ccc(S(=O)(=O)NCCc3ccccn3)cc2)n1)C1(c2ccc3c(c2)OCO3)CC1.[HH]. The zero-order valence-electron chi connectivity index (χ0n) is 21.2. The molecule has 1 aliphatic heterocycles. The number of hydrogen-bond acceptors (Lipinski definition) is 7. The lowest BCUT2D eigenvalue weighted by Gasteiger charge is -2.15. The first-order valence-electron chi connectivity index (χ1n) is 12.8. The molecular formula is C30H29N3O5S. The van der Waals surface area contributed by atoms with Crippen LogP contribution in [-0.2, 0) is 33.1 Å². The average molecular weight is 544 g/mol. The highest BCUT2D eigenvalue weighted by molar-refractivity contribution is 7.89. The molecule has 6 rings (SSSR count). The van der Waals surface area contributed by atoms with Gasteiger partial charge in [0.05, 0.1) is 16.0 Å². The van der Waals surface area contributed by atoms with Crippen molar-refractivity contribution in [3.05, 3.63) is 102 Å². The fourth-order valence-corrected chi connectivity index (χ4v) is 5.90. The summed E-state index contributed by atoms with van der Waals surface area (Å²) >= 11 is 0. The van der Waals surface area contributed by atoms with Crippen LogP contribution < -0.4 is 14.2 Å². The zero-order valence-corrected chi connectivity index (χ0v) is 22.0. The summed E-state index contributed by atoms with van der Waals surface area (Å²) in [4.78, 5) is 22.5. The van der Waals surface area contributed by atoms with Crippen LogP contribution in [-0.4, -0.2) is 37.5 Å². The van der Waals surface area contributed by atoms with Crippen molar-refractivity contribution in [1.82, 2.24) is 14.7 Å². The van der Waals surface area contributed by atoms with E-state index in [1.807, 2.05) is 54.6 Å². The third kappa shape index (κ3) is 5.28. The van der Waals surface area contributed by atoms with E-state index in [0.717, 1.165) is 29.7 Å². The van der Waals surface area contributed by atoms with Crippen molar-refractivity contribution in [3.63, 3.8) is 0 Å². The smallest absolute Gasteiger partial charge is 0.240 e. The molecule has 0 saturated heterocycles. The summed E-state index contributed by atoms with van der Waals surface area (Å²) in [5.41, 5.74) is 3.41. The second-order valence-electron chi connectivity index (χ2n) is 9.76. The fraction of sp³-hybridized carbons (Fsp3) is 0.233. The van der Waals surface area contributed by atoms with E-state index in [4.69, 9.17) is 14.5 Å². The number of aromatic nitrogens is 2. The van der Waals surface area contributed by atoms with Crippen LogP contribution in [0.2, 0.25) is 0 Å². The molecule has 0 spiro atoms. The minimum Gasteiger partial charge on any atom is -0.454 e. The van der Waals surface area contributed by atoms with E-state index in [2.05, 4.69) is 9.71 Å². The van der Waals surface area contributed by atoms with E-state index < -0.39 is 15.4 Å². The van der Waals surface area contributed by atoms with E-state index in [-0.39, 0.29) is 31.9 Å². The number of hydrogen-bond donors (Lipinski definition) is 1. The van der Waals surface area contributed by atoms with Crippen molar-refractivity contribution in [2.24, 2.45) is 0 Å². The van der Waals surface area contributed by atoms with Gasteiger partial charge in [0.25, 0.3) is 0 Å². The lowest BCUT2D eigenvalue weighted by Crippen LogP contribution is -2.26. The predicted molar refractivity (Wildman–Crippen MR) is 147 cm³/mol. The number of pyridine rings is 2. The Hall–Kier alpha value is -4.08. The molecule has 0 radical (unpaired) electrons. The van der Waals surface area contributed by atoms with E-state index in [1.54, 1.807) is 30.5 Å². The van der Waals surface area contributed by atoms with Crippen LogP contribution in [0.5, 0.6) is 11.5 Å². The molecule has 200 valence electrons. The summed E-state index contributed by atoms with van der Waals surface area (Å²) in [5, 5.41) is 0. The normalized spacial score (nSPS) is 15.2. The van der Waals surface area contributed by atoms with Gasteiger partial charge < -0.3 is 9.47 Å². The highest BCUT2D eigenvalue weighted by atomic mass is 32.2. The van der Waals surface area contributed by atoms with E-state index in [0.29, 0.717) is 29.3 Å². The summed E-state index contributed by atoms with van der Waals surface area (Å²) in [6.07, 6.45) is 4.01. The van der Waals surface area contributed by atoms with Gasteiger partial charge in [0.1, 0.15) is 5.78 Å². The Morgan fingerprint density at radius 1 is 0.923 bits per heavy atom. The van der Waals surface area contributed by atoms with E-state index in [9.17, 15) is 13.2 Å². The van der Waals surface area contributed by atoms with Crippen molar-refractivity contribution >= 4 is 15.8 Å². The number of rotatable bonds is 10. The van der Waals surface area contributed by atoms with Gasteiger partial charge in [0.15, 0.2) is 11.5 Å². The Balaban J connectivity index is 0.00000323. The standard InChI is InChI=1S/C30H27N3O5S.H2/c34-29(30(14-15-30)22-9-12-27-28(18-22)38-20-37-27)19-24-5-3-6-26(33-24)21-7-10-25(11-8-21)39(35,36)32-17-13-23-4-1-2-16-31-23;/h1-12,16,18,32H,13-15,17,19-20H2;1H. The lowest BCUT2D eigenvalue weighted by atomic mass is 9.88. The zero-order chi connectivity index (χ0) is 26.9. The first-order chi connectivity index (χ1) is 18.9. The van der Waals surface area contributed by atoms with Crippen LogP contribution >= 0.6 is 0 Å². The van der Waals surface area contributed by atoms with Gasteiger partial charge in [0, 0.05) is 44.0 Å². The number of carbonyl (C=O) groups excluding carboxylic acids is 1. The van der Waals surface area contributed by atoms with Gasteiger partial charge in [-0.1, -0.05) is 30.3 Å². The topological polar surface area (TPSA) is 107 Å². The summed E-state index contributed by atoms with van der Waals surface area (Å²) in [5.74, 6) is 1.51. The second kappa shape index (κ2) is 10.2. The summed E-state index contributed by atoms with van der Waals surface area (Å²) < 4.78 is 39.0. The molecule has 0 amide bonds. The van der Waals surface area contributed by atoms with Gasteiger partial charge in [-0.05, 0) is 66.9 Å². The molecule has 1 fully saturated rings. The molecule has 1 N–H and O–H groups in total. The molecule has 39 heavy (non-hydrogen) atoms. The van der Waals surface area contributed by atoms with Crippen molar-refractivity contribution in [1.29, 1.82) is 0 Å². The molecule has 4 aromatic rings. The maximum Gasteiger partial charge on any atom is 0.240 e. The van der Waals surface area contributed by atoms with Crippen LogP contribution in [0.4, 0.5) is 0 Å². The van der Waals surface area contributed by atoms with Gasteiger partial charge in [-0.2, -0.15) is 0 Å². The monoisotopic (exact) mass is 543 g/mol. The van der Waals surface area contributed by atoms with Crippen molar-refractivity contribution in [2.45, 2.75) is 36.0 Å². The van der Waals surface area contributed by atoms with Crippen LogP contribution in [0.25, 0.3) is 11.3 Å². The van der Waals surface area contributed by atoms with Crippen LogP contribution in [0.1, 0.15) is 31.2 Å². The molecule has 1 saturated carbocycles. The molecule has 2 aromatic heterocycles. The third-order valence-electron chi connectivity index (χ3n) is 7.22. The molecule has 2 aromatic carbocycles. The molecular weight excluding hydrogens is 514 g/mol. The Morgan fingerprint density at radius 3 is 2.49 bits per heavy atom. The second-order valence-corrected chi connectivity index (χ2v) is 11.5. The largest absolute Gasteiger partial charge is 0.454 e. The average Bonchev–Trinajstić information content (AvgIpc) is 3.64. The number of ketones is 1. The molecule has 9 heteroatoms.